The fourth-order valence-corrected chi connectivity index (χ4v) is 5.32. The molecule has 1 aliphatic heterocycles. The van der Waals surface area contributed by atoms with Crippen LogP contribution in [0.25, 0.3) is 10.8 Å². The fourth-order valence-electron chi connectivity index (χ4n) is 2.82. The predicted molar refractivity (Wildman–Crippen MR) is 105 cm³/mol. The number of ether oxygens (including phenoxy) is 1. The molecule has 126 valence electrons. The summed E-state index contributed by atoms with van der Waals surface area (Å²) in [4.78, 5) is 1.56. The molecule has 0 aliphatic carbocycles. The number of benzene rings is 2. The van der Waals surface area contributed by atoms with Crippen LogP contribution in [0.15, 0.2) is 41.3 Å². The van der Waals surface area contributed by atoms with E-state index in [2.05, 4.69) is 57.2 Å². The summed E-state index contributed by atoms with van der Waals surface area (Å²) < 4.78 is 5.98. The second-order valence-electron chi connectivity index (χ2n) is 6.12. The minimum Gasteiger partial charge on any atom is -0.493 e. The predicted octanol–water partition coefficient (Wildman–Crippen LogP) is 6.21. The summed E-state index contributed by atoms with van der Waals surface area (Å²) in [5.41, 5.74) is 0. The molecule has 0 bridgehead atoms. The van der Waals surface area contributed by atoms with Crippen LogP contribution in [0.5, 0.6) is 5.75 Å². The van der Waals surface area contributed by atoms with Crippen molar-refractivity contribution in [3.63, 3.8) is 0 Å². The molecule has 0 radical (unpaired) electrons. The molecular weight excluding hydrogens is 300 g/mol. The van der Waals surface area contributed by atoms with E-state index >= 15 is 0 Å². The smallest absolute Gasteiger partial charge is 0.162 e. The summed E-state index contributed by atoms with van der Waals surface area (Å²) in [5, 5.41) is 2.70. The van der Waals surface area contributed by atoms with E-state index < -0.39 is 0 Å². The Balaban J connectivity index is 0.000000595. The first-order chi connectivity index (χ1) is 11.3. The first kappa shape index (κ1) is 18.2. The Morgan fingerprint density at radius 3 is 2.22 bits per heavy atom. The molecule has 0 aromatic heterocycles. The van der Waals surface area contributed by atoms with Gasteiger partial charge in [-0.3, -0.25) is 0 Å². The molecule has 3 rings (SSSR count). The zero-order valence-electron chi connectivity index (χ0n) is 14.9. The third-order valence-electron chi connectivity index (χ3n) is 3.94. The van der Waals surface area contributed by atoms with E-state index in [-0.39, 0.29) is 0 Å². The average Bonchev–Trinajstić information content (AvgIpc) is 3.10. The third kappa shape index (κ3) is 4.91. The fraction of sp³-hybridized carbons (Fsp3) is 0.524. The van der Waals surface area contributed by atoms with E-state index in [1.54, 1.807) is 4.90 Å². The highest BCUT2D eigenvalue weighted by Gasteiger charge is 2.29. The molecule has 1 nitrogen and oxygen atoms in total. The number of rotatable bonds is 5. The topological polar surface area (TPSA) is 9.23 Å². The summed E-state index contributed by atoms with van der Waals surface area (Å²) in [6, 6.07) is 13.3. The lowest BCUT2D eigenvalue weighted by Crippen LogP contribution is -2.05. The van der Waals surface area contributed by atoms with Crippen molar-refractivity contribution in [1.29, 1.82) is 0 Å². The molecule has 0 saturated carbocycles. The van der Waals surface area contributed by atoms with Crippen molar-refractivity contribution in [1.82, 2.24) is 0 Å². The maximum absolute atomic E-state index is 5.98. The van der Waals surface area contributed by atoms with Crippen molar-refractivity contribution >= 4 is 21.7 Å². The molecule has 0 amide bonds. The summed E-state index contributed by atoms with van der Waals surface area (Å²) in [7, 11) is 0.464. The standard InChI is InChI=1S/C18H23OS.C3H8/c1-2-3-12-19-17-10-11-18(20-13-6-7-14-20)16-9-5-4-8-15(16)17;1-3-2/h4-5,8-11H,2-3,6-7,12-14H2,1H3;3H2,1-2H3/q+1;. The minimum atomic E-state index is 0.464. The second-order valence-corrected chi connectivity index (χ2v) is 8.37. The highest BCUT2D eigenvalue weighted by Crippen LogP contribution is 2.34. The Labute approximate surface area is 144 Å². The van der Waals surface area contributed by atoms with Crippen LogP contribution in [-0.4, -0.2) is 18.1 Å². The van der Waals surface area contributed by atoms with E-state index in [1.807, 2.05) is 0 Å². The molecule has 1 saturated heterocycles. The second kappa shape index (κ2) is 9.87. The number of hydrogen-bond acceptors (Lipinski definition) is 1. The van der Waals surface area contributed by atoms with Gasteiger partial charge >= 0.3 is 0 Å². The molecule has 1 fully saturated rings. The summed E-state index contributed by atoms with van der Waals surface area (Å²) in [6.07, 6.45) is 6.35. The number of fused-ring (bicyclic) bond motifs is 1. The maximum atomic E-state index is 5.98. The van der Waals surface area contributed by atoms with Gasteiger partial charge in [-0.15, -0.1) is 0 Å². The van der Waals surface area contributed by atoms with Gasteiger partial charge in [-0.25, -0.2) is 0 Å². The van der Waals surface area contributed by atoms with E-state index in [1.165, 1.54) is 48.0 Å². The summed E-state index contributed by atoms with van der Waals surface area (Å²) in [5.74, 6) is 3.81. The quantitative estimate of drug-likeness (QED) is 0.468. The van der Waals surface area contributed by atoms with Crippen molar-refractivity contribution in [2.75, 3.05) is 18.1 Å². The molecule has 0 unspecified atom stereocenters. The molecule has 0 spiro atoms. The first-order valence-electron chi connectivity index (χ1n) is 9.13. The van der Waals surface area contributed by atoms with Gasteiger partial charge in [0.1, 0.15) is 17.3 Å². The summed E-state index contributed by atoms with van der Waals surface area (Å²) in [6.45, 7) is 7.28. The van der Waals surface area contributed by atoms with Crippen molar-refractivity contribution < 1.29 is 4.74 Å². The van der Waals surface area contributed by atoms with Crippen LogP contribution < -0.4 is 4.74 Å². The lowest BCUT2D eigenvalue weighted by atomic mass is 10.1. The van der Waals surface area contributed by atoms with E-state index in [4.69, 9.17) is 4.74 Å². The van der Waals surface area contributed by atoms with E-state index in [9.17, 15) is 0 Å². The van der Waals surface area contributed by atoms with Crippen LogP contribution >= 0.6 is 0 Å². The molecule has 1 aliphatic rings. The lowest BCUT2D eigenvalue weighted by molar-refractivity contribution is 0.313. The molecule has 2 aromatic carbocycles. The molecule has 23 heavy (non-hydrogen) atoms. The Kier molecular flexibility index (Phi) is 7.81. The highest BCUT2D eigenvalue weighted by molar-refractivity contribution is 7.97. The Morgan fingerprint density at radius 2 is 1.57 bits per heavy atom. The van der Waals surface area contributed by atoms with Gasteiger partial charge in [-0.1, -0.05) is 51.8 Å². The molecular formula is C21H31OS+. The third-order valence-corrected chi connectivity index (χ3v) is 6.48. The Bertz CT molecular complexity index is 587. The first-order valence-corrected chi connectivity index (χ1v) is 10.7. The SMILES string of the molecule is CCC.CCCCOc1ccc([S+]2CCCC2)c2ccccc12. The number of unbranched alkanes of at least 4 members (excludes halogenated alkanes) is 1. The Morgan fingerprint density at radius 1 is 0.913 bits per heavy atom. The zero-order valence-corrected chi connectivity index (χ0v) is 15.8. The van der Waals surface area contributed by atoms with Crippen LogP contribution in [0, 0.1) is 0 Å². The van der Waals surface area contributed by atoms with Gasteiger partial charge in [0.2, 0.25) is 0 Å². The summed E-state index contributed by atoms with van der Waals surface area (Å²) >= 11 is 0. The van der Waals surface area contributed by atoms with Crippen LogP contribution in [-0.2, 0) is 10.9 Å². The van der Waals surface area contributed by atoms with Crippen LogP contribution in [0.4, 0.5) is 0 Å². The van der Waals surface area contributed by atoms with Crippen LogP contribution in [0.3, 0.4) is 0 Å². The van der Waals surface area contributed by atoms with Gasteiger partial charge in [0.25, 0.3) is 0 Å². The minimum absolute atomic E-state index is 0.464. The lowest BCUT2D eigenvalue weighted by Gasteiger charge is -2.11. The van der Waals surface area contributed by atoms with E-state index in [0.717, 1.165) is 18.8 Å². The molecule has 1 heterocycles. The largest absolute Gasteiger partial charge is 0.493 e. The molecule has 2 heteroatoms. The zero-order chi connectivity index (χ0) is 16.5. The van der Waals surface area contributed by atoms with Crippen molar-refractivity contribution in [3.8, 4) is 5.75 Å². The van der Waals surface area contributed by atoms with E-state index in [0.29, 0.717) is 10.9 Å². The normalized spacial score (nSPS) is 14.6. The monoisotopic (exact) mass is 331 g/mol. The Hall–Kier alpha value is -1.15. The van der Waals surface area contributed by atoms with Crippen molar-refractivity contribution in [2.45, 2.75) is 57.8 Å². The molecule has 0 atom stereocenters. The van der Waals surface area contributed by atoms with Gasteiger partial charge < -0.3 is 4.74 Å². The van der Waals surface area contributed by atoms with Crippen molar-refractivity contribution in [3.05, 3.63) is 36.4 Å². The van der Waals surface area contributed by atoms with Gasteiger partial charge in [-0.2, -0.15) is 0 Å². The van der Waals surface area contributed by atoms with Crippen molar-refractivity contribution in [2.24, 2.45) is 0 Å². The van der Waals surface area contributed by atoms with Crippen LogP contribution in [0.2, 0.25) is 0 Å². The average molecular weight is 332 g/mol. The maximum Gasteiger partial charge on any atom is 0.162 e. The van der Waals surface area contributed by atoms with Crippen LogP contribution in [0.1, 0.15) is 52.9 Å². The van der Waals surface area contributed by atoms with Gasteiger partial charge in [0.15, 0.2) is 4.90 Å². The van der Waals surface area contributed by atoms with Gasteiger partial charge in [-0.05, 0) is 37.5 Å². The number of hydrogen-bond donors (Lipinski definition) is 0. The molecule has 2 aromatic rings. The van der Waals surface area contributed by atoms with Gasteiger partial charge in [0.05, 0.1) is 6.61 Å². The highest BCUT2D eigenvalue weighted by atomic mass is 32.2. The van der Waals surface area contributed by atoms with Gasteiger partial charge in [0, 0.05) is 21.7 Å². The molecule has 0 N–H and O–H groups in total.